The molecule has 0 aliphatic carbocycles. The maximum atomic E-state index is 12.3. The summed E-state index contributed by atoms with van der Waals surface area (Å²) < 4.78 is 0. The van der Waals surface area contributed by atoms with E-state index >= 15 is 0 Å². The molecule has 0 radical (unpaired) electrons. The van der Waals surface area contributed by atoms with Gasteiger partial charge in [0.2, 0.25) is 5.91 Å². The summed E-state index contributed by atoms with van der Waals surface area (Å²) in [6, 6.07) is 12.8. The highest BCUT2D eigenvalue weighted by Crippen LogP contribution is 2.26. The van der Waals surface area contributed by atoms with E-state index in [1.165, 1.54) is 6.07 Å². The number of amides is 2. The number of phenols is 1. The van der Waals surface area contributed by atoms with E-state index in [1.54, 1.807) is 42.5 Å². The molecule has 0 aliphatic rings. The van der Waals surface area contributed by atoms with Gasteiger partial charge in [-0.05, 0) is 30.7 Å². The van der Waals surface area contributed by atoms with Crippen LogP contribution in [-0.2, 0) is 0 Å². The number of para-hydroxylation sites is 1. The zero-order valence-electron chi connectivity index (χ0n) is 12.2. The van der Waals surface area contributed by atoms with Gasteiger partial charge in [-0.1, -0.05) is 31.2 Å². The standard InChI is InChI=1S/C17H18N2O3/c1-2-14(13-8-3-4-9-15(13)20)19-17(22)12-7-5-6-11(10-12)16(18)21/h3-10,14,20H,2H2,1H3,(H2,18,21)(H,19,22)/t14-/m0/s1. The molecule has 0 spiro atoms. The zero-order chi connectivity index (χ0) is 16.1. The fourth-order valence-corrected chi connectivity index (χ4v) is 2.24. The third-order valence-corrected chi connectivity index (χ3v) is 3.44. The van der Waals surface area contributed by atoms with Crippen LogP contribution in [0.2, 0.25) is 0 Å². The molecule has 5 nitrogen and oxygen atoms in total. The molecule has 4 N–H and O–H groups in total. The second-order valence-corrected chi connectivity index (χ2v) is 4.94. The van der Waals surface area contributed by atoms with Crippen LogP contribution in [0.1, 0.15) is 45.7 Å². The Morgan fingerprint density at radius 3 is 2.45 bits per heavy atom. The zero-order valence-corrected chi connectivity index (χ0v) is 12.2. The summed E-state index contributed by atoms with van der Waals surface area (Å²) in [6.07, 6.45) is 0.624. The molecule has 0 aromatic heterocycles. The molecule has 0 fully saturated rings. The number of aromatic hydroxyl groups is 1. The van der Waals surface area contributed by atoms with E-state index in [1.807, 2.05) is 6.92 Å². The van der Waals surface area contributed by atoms with Gasteiger partial charge in [-0.25, -0.2) is 0 Å². The molecule has 0 heterocycles. The van der Waals surface area contributed by atoms with Gasteiger partial charge >= 0.3 is 0 Å². The van der Waals surface area contributed by atoms with Crippen molar-refractivity contribution in [2.45, 2.75) is 19.4 Å². The molecule has 2 rings (SSSR count). The van der Waals surface area contributed by atoms with Crippen LogP contribution in [0.25, 0.3) is 0 Å². The molecule has 22 heavy (non-hydrogen) atoms. The summed E-state index contributed by atoms with van der Waals surface area (Å²) in [6.45, 7) is 1.91. The number of phenolic OH excluding ortho intramolecular Hbond substituents is 1. The molecule has 0 unspecified atom stereocenters. The van der Waals surface area contributed by atoms with Gasteiger partial charge in [0, 0.05) is 16.7 Å². The number of nitrogens with two attached hydrogens (primary N) is 1. The van der Waals surface area contributed by atoms with Crippen LogP contribution in [0.15, 0.2) is 48.5 Å². The second kappa shape index (κ2) is 6.76. The predicted octanol–water partition coefficient (Wildman–Crippen LogP) is 2.37. The largest absolute Gasteiger partial charge is 0.508 e. The average molecular weight is 298 g/mol. The first-order valence-electron chi connectivity index (χ1n) is 7.01. The van der Waals surface area contributed by atoms with Crippen LogP contribution < -0.4 is 11.1 Å². The highest BCUT2D eigenvalue weighted by molar-refractivity contribution is 5.99. The lowest BCUT2D eigenvalue weighted by Crippen LogP contribution is -2.28. The highest BCUT2D eigenvalue weighted by atomic mass is 16.3. The van der Waals surface area contributed by atoms with Gasteiger partial charge in [-0.2, -0.15) is 0 Å². The number of primary amides is 1. The monoisotopic (exact) mass is 298 g/mol. The number of nitrogens with one attached hydrogen (secondary N) is 1. The van der Waals surface area contributed by atoms with Crippen molar-refractivity contribution in [1.82, 2.24) is 5.32 Å². The van der Waals surface area contributed by atoms with Crippen LogP contribution in [0.3, 0.4) is 0 Å². The minimum absolute atomic E-state index is 0.139. The van der Waals surface area contributed by atoms with E-state index in [-0.39, 0.29) is 23.3 Å². The molecular weight excluding hydrogens is 280 g/mol. The number of hydrogen-bond acceptors (Lipinski definition) is 3. The third-order valence-electron chi connectivity index (χ3n) is 3.44. The molecule has 2 aromatic rings. The Morgan fingerprint density at radius 2 is 1.82 bits per heavy atom. The van der Waals surface area contributed by atoms with Crippen LogP contribution in [0, 0.1) is 0 Å². The Labute approximate surface area is 128 Å². The fraction of sp³-hybridized carbons (Fsp3) is 0.176. The Kier molecular flexibility index (Phi) is 4.78. The van der Waals surface area contributed by atoms with Crippen molar-refractivity contribution < 1.29 is 14.7 Å². The van der Waals surface area contributed by atoms with E-state index in [0.29, 0.717) is 17.5 Å². The first kappa shape index (κ1) is 15.6. The predicted molar refractivity (Wildman–Crippen MR) is 83.6 cm³/mol. The van der Waals surface area contributed by atoms with E-state index in [9.17, 15) is 14.7 Å². The van der Waals surface area contributed by atoms with Crippen LogP contribution in [0.5, 0.6) is 5.75 Å². The summed E-state index contributed by atoms with van der Waals surface area (Å²) in [5, 5.41) is 12.8. The molecular formula is C17H18N2O3. The van der Waals surface area contributed by atoms with Gasteiger partial charge in [-0.3, -0.25) is 9.59 Å². The number of carbonyl (C=O) groups is 2. The first-order valence-corrected chi connectivity index (χ1v) is 7.01. The molecule has 0 saturated heterocycles. The smallest absolute Gasteiger partial charge is 0.251 e. The summed E-state index contributed by atoms with van der Waals surface area (Å²) in [5.74, 6) is -0.763. The molecule has 2 aromatic carbocycles. The summed E-state index contributed by atoms with van der Waals surface area (Å²) in [5.41, 5.74) is 6.51. The van der Waals surface area contributed by atoms with Crippen molar-refractivity contribution in [2.24, 2.45) is 5.73 Å². The SMILES string of the molecule is CC[C@H](NC(=O)c1cccc(C(N)=O)c1)c1ccccc1O. The third kappa shape index (κ3) is 3.44. The number of carbonyl (C=O) groups excluding carboxylic acids is 2. The maximum absolute atomic E-state index is 12.3. The van der Waals surface area contributed by atoms with E-state index < -0.39 is 5.91 Å². The normalized spacial score (nSPS) is 11.7. The van der Waals surface area contributed by atoms with Gasteiger partial charge in [0.1, 0.15) is 5.75 Å². The Morgan fingerprint density at radius 1 is 1.14 bits per heavy atom. The molecule has 2 amide bonds. The van der Waals surface area contributed by atoms with Crippen LogP contribution in [0.4, 0.5) is 0 Å². The fourth-order valence-electron chi connectivity index (χ4n) is 2.24. The number of benzene rings is 2. The molecule has 0 saturated carbocycles. The van der Waals surface area contributed by atoms with E-state index in [2.05, 4.69) is 5.32 Å². The number of rotatable bonds is 5. The first-order chi connectivity index (χ1) is 10.5. The van der Waals surface area contributed by atoms with E-state index in [4.69, 9.17) is 5.73 Å². The molecule has 0 bridgehead atoms. The minimum atomic E-state index is -0.581. The minimum Gasteiger partial charge on any atom is -0.508 e. The van der Waals surface area contributed by atoms with Gasteiger partial charge in [0.25, 0.3) is 5.91 Å². The van der Waals surface area contributed by atoms with Gasteiger partial charge in [0.05, 0.1) is 6.04 Å². The quantitative estimate of drug-likeness (QED) is 0.791. The molecule has 0 aliphatic heterocycles. The van der Waals surface area contributed by atoms with Crippen molar-refractivity contribution in [1.29, 1.82) is 0 Å². The van der Waals surface area contributed by atoms with Crippen molar-refractivity contribution >= 4 is 11.8 Å². The Bertz CT molecular complexity index is 698. The van der Waals surface area contributed by atoms with Crippen LogP contribution >= 0.6 is 0 Å². The molecule has 114 valence electrons. The van der Waals surface area contributed by atoms with Crippen molar-refractivity contribution in [3.05, 3.63) is 65.2 Å². The average Bonchev–Trinajstić information content (AvgIpc) is 2.53. The van der Waals surface area contributed by atoms with E-state index in [0.717, 1.165) is 0 Å². The highest BCUT2D eigenvalue weighted by Gasteiger charge is 2.17. The van der Waals surface area contributed by atoms with Gasteiger partial charge in [-0.15, -0.1) is 0 Å². The second-order valence-electron chi connectivity index (χ2n) is 4.94. The van der Waals surface area contributed by atoms with Crippen LogP contribution in [-0.4, -0.2) is 16.9 Å². The van der Waals surface area contributed by atoms with Crippen molar-refractivity contribution in [3.8, 4) is 5.75 Å². The van der Waals surface area contributed by atoms with Crippen molar-refractivity contribution in [3.63, 3.8) is 0 Å². The maximum Gasteiger partial charge on any atom is 0.251 e. The lowest BCUT2D eigenvalue weighted by molar-refractivity contribution is 0.0935. The summed E-state index contributed by atoms with van der Waals surface area (Å²) in [4.78, 5) is 23.5. The summed E-state index contributed by atoms with van der Waals surface area (Å²) in [7, 11) is 0. The van der Waals surface area contributed by atoms with Gasteiger partial charge in [0.15, 0.2) is 0 Å². The Balaban J connectivity index is 2.21. The lowest BCUT2D eigenvalue weighted by atomic mass is 10.0. The number of hydrogen-bond donors (Lipinski definition) is 3. The topological polar surface area (TPSA) is 92.4 Å². The van der Waals surface area contributed by atoms with Gasteiger partial charge < -0.3 is 16.2 Å². The molecule has 5 heteroatoms. The molecule has 1 atom stereocenters. The Hall–Kier alpha value is -2.82. The summed E-state index contributed by atoms with van der Waals surface area (Å²) >= 11 is 0. The lowest BCUT2D eigenvalue weighted by Gasteiger charge is -2.18. The van der Waals surface area contributed by atoms with Crippen molar-refractivity contribution in [2.75, 3.05) is 0 Å².